The molecule has 2 aromatic rings. The highest BCUT2D eigenvalue weighted by atomic mass is 32.2. The van der Waals surface area contributed by atoms with Crippen molar-refractivity contribution >= 4 is 15.9 Å². The fourth-order valence-electron chi connectivity index (χ4n) is 4.30. The van der Waals surface area contributed by atoms with Crippen molar-refractivity contribution in [1.82, 2.24) is 10.0 Å². The van der Waals surface area contributed by atoms with Crippen LogP contribution in [0, 0.1) is 5.92 Å². The summed E-state index contributed by atoms with van der Waals surface area (Å²) in [6.45, 7) is 2.67. The number of methoxy groups -OCH3 is 1. The molecule has 2 aliphatic rings. The first-order valence-corrected chi connectivity index (χ1v) is 12.7. The lowest BCUT2D eigenvalue weighted by Crippen LogP contribution is -2.41. The first-order valence-electron chi connectivity index (χ1n) is 11.2. The Labute approximate surface area is 194 Å². The number of hydrogen-bond acceptors (Lipinski definition) is 6. The minimum Gasteiger partial charge on any atom is -0.495 e. The summed E-state index contributed by atoms with van der Waals surface area (Å²) in [6, 6.07) is 10.0. The molecule has 2 unspecified atom stereocenters. The van der Waals surface area contributed by atoms with Crippen LogP contribution in [0.25, 0.3) is 0 Å². The Balaban J connectivity index is 1.43. The number of benzene rings is 2. The number of carbonyl (C=O) groups excluding carboxylic acids is 1. The first-order chi connectivity index (χ1) is 15.9. The molecule has 0 saturated heterocycles. The highest BCUT2D eigenvalue weighted by molar-refractivity contribution is 7.89. The molecule has 1 aliphatic carbocycles. The van der Waals surface area contributed by atoms with E-state index in [9.17, 15) is 13.2 Å². The van der Waals surface area contributed by atoms with Gasteiger partial charge >= 0.3 is 0 Å². The van der Waals surface area contributed by atoms with Gasteiger partial charge in [-0.1, -0.05) is 25.8 Å². The molecule has 178 valence electrons. The zero-order chi connectivity index (χ0) is 23.4. The molecule has 0 radical (unpaired) electrons. The van der Waals surface area contributed by atoms with E-state index in [1.807, 2.05) is 18.2 Å². The molecule has 2 aromatic carbocycles. The Morgan fingerprint density at radius 2 is 1.88 bits per heavy atom. The second-order valence-corrected chi connectivity index (χ2v) is 10.2. The molecule has 2 atom stereocenters. The number of hydrogen-bond donors (Lipinski definition) is 2. The van der Waals surface area contributed by atoms with Gasteiger partial charge in [-0.25, -0.2) is 13.1 Å². The smallest absolute Gasteiger partial charge is 0.251 e. The van der Waals surface area contributed by atoms with E-state index < -0.39 is 10.0 Å². The van der Waals surface area contributed by atoms with Crippen molar-refractivity contribution in [1.29, 1.82) is 0 Å². The average Bonchev–Trinajstić information content (AvgIpc) is 3.28. The van der Waals surface area contributed by atoms with Crippen LogP contribution in [0.1, 0.15) is 48.5 Å². The van der Waals surface area contributed by atoms with E-state index in [1.165, 1.54) is 19.2 Å². The second kappa shape index (κ2) is 10.0. The molecule has 1 amide bonds. The minimum absolute atomic E-state index is 0.0220. The van der Waals surface area contributed by atoms with E-state index in [0.717, 1.165) is 31.2 Å². The molecule has 1 heterocycles. The molecule has 33 heavy (non-hydrogen) atoms. The fourth-order valence-corrected chi connectivity index (χ4v) is 5.87. The van der Waals surface area contributed by atoms with Crippen molar-refractivity contribution in [2.24, 2.45) is 5.92 Å². The number of nitrogens with one attached hydrogen (secondary N) is 2. The second-order valence-electron chi connectivity index (χ2n) is 8.55. The van der Waals surface area contributed by atoms with Gasteiger partial charge in [0.05, 0.1) is 7.11 Å². The lowest BCUT2D eigenvalue weighted by molar-refractivity contribution is 0.0954. The number of fused-ring (bicyclic) bond motifs is 1. The summed E-state index contributed by atoms with van der Waals surface area (Å²) in [5, 5.41) is 2.85. The number of amides is 1. The Morgan fingerprint density at radius 3 is 2.67 bits per heavy atom. The number of carbonyl (C=O) groups is 1. The van der Waals surface area contributed by atoms with E-state index in [1.54, 1.807) is 6.07 Å². The Morgan fingerprint density at radius 1 is 1.09 bits per heavy atom. The summed E-state index contributed by atoms with van der Waals surface area (Å²) >= 11 is 0. The average molecular weight is 475 g/mol. The number of ether oxygens (including phenoxy) is 3. The quantitative estimate of drug-likeness (QED) is 0.609. The van der Waals surface area contributed by atoms with E-state index >= 15 is 0 Å². The lowest BCUT2D eigenvalue weighted by Gasteiger charge is -2.29. The fraction of sp³-hybridized carbons (Fsp3) is 0.458. The lowest BCUT2D eigenvalue weighted by atomic mass is 9.87. The minimum atomic E-state index is -3.84. The summed E-state index contributed by atoms with van der Waals surface area (Å²) in [7, 11) is -2.42. The Kier molecular flexibility index (Phi) is 7.09. The SMILES string of the molecule is COc1ccc(C(=O)NCCc2ccc3c(c2)OCO3)cc1S(=O)(=O)NC1CCCCC1C. The summed E-state index contributed by atoms with van der Waals surface area (Å²) < 4.78 is 45.1. The van der Waals surface area contributed by atoms with Crippen molar-refractivity contribution in [2.75, 3.05) is 20.4 Å². The van der Waals surface area contributed by atoms with Crippen LogP contribution in [0.3, 0.4) is 0 Å². The van der Waals surface area contributed by atoms with Gasteiger partial charge in [0.1, 0.15) is 10.6 Å². The topological polar surface area (TPSA) is 103 Å². The van der Waals surface area contributed by atoms with E-state index in [0.29, 0.717) is 24.5 Å². The van der Waals surface area contributed by atoms with Gasteiger partial charge in [0.15, 0.2) is 11.5 Å². The van der Waals surface area contributed by atoms with Gasteiger partial charge in [-0.2, -0.15) is 0 Å². The maximum absolute atomic E-state index is 13.1. The highest BCUT2D eigenvalue weighted by Crippen LogP contribution is 2.32. The van der Waals surface area contributed by atoms with Gasteiger partial charge in [0.2, 0.25) is 16.8 Å². The van der Waals surface area contributed by atoms with Crippen molar-refractivity contribution in [3.63, 3.8) is 0 Å². The molecule has 0 bridgehead atoms. The molecule has 9 heteroatoms. The summed E-state index contributed by atoms with van der Waals surface area (Å²) in [5.41, 5.74) is 1.27. The van der Waals surface area contributed by atoms with Gasteiger partial charge in [-0.3, -0.25) is 4.79 Å². The van der Waals surface area contributed by atoms with Crippen molar-refractivity contribution in [2.45, 2.75) is 50.0 Å². The van der Waals surface area contributed by atoms with Gasteiger partial charge in [0, 0.05) is 18.2 Å². The molecular weight excluding hydrogens is 444 g/mol. The summed E-state index contributed by atoms with van der Waals surface area (Å²) in [5.74, 6) is 1.54. The molecule has 8 nitrogen and oxygen atoms in total. The summed E-state index contributed by atoms with van der Waals surface area (Å²) in [4.78, 5) is 12.7. The van der Waals surface area contributed by atoms with Gasteiger partial charge < -0.3 is 19.5 Å². The standard InChI is InChI=1S/C24H30N2O6S/c1-16-5-3-4-6-19(16)26-33(28,29)23-14-18(8-10-21(23)30-2)24(27)25-12-11-17-7-9-20-22(13-17)32-15-31-20/h7-10,13-14,16,19,26H,3-6,11-12,15H2,1-2H3,(H,25,27). The molecular formula is C24H30N2O6S. The van der Waals surface area contributed by atoms with Crippen LogP contribution in [0.4, 0.5) is 0 Å². The van der Waals surface area contributed by atoms with E-state index in [-0.39, 0.29) is 40.9 Å². The van der Waals surface area contributed by atoms with E-state index in [2.05, 4.69) is 17.0 Å². The molecule has 1 aliphatic heterocycles. The van der Waals surface area contributed by atoms with Crippen molar-refractivity contribution in [3.8, 4) is 17.2 Å². The van der Waals surface area contributed by atoms with Crippen LogP contribution >= 0.6 is 0 Å². The predicted molar refractivity (Wildman–Crippen MR) is 123 cm³/mol. The van der Waals surface area contributed by atoms with Crippen LogP contribution < -0.4 is 24.2 Å². The van der Waals surface area contributed by atoms with Gasteiger partial charge in [-0.15, -0.1) is 0 Å². The molecule has 1 saturated carbocycles. The maximum atomic E-state index is 13.1. The number of sulfonamides is 1. The molecule has 4 rings (SSSR count). The van der Waals surface area contributed by atoms with Crippen LogP contribution in [-0.4, -0.2) is 40.8 Å². The third kappa shape index (κ3) is 5.42. The molecule has 0 spiro atoms. The van der Waals surface area contributed by atoms with Crippen molar-refractivity contribution < 1.29 is 27.4 Å². The molecule has 1 fully saturated rings. The zero-order valence-electron chi connectivity index (χ0n) is 18.9. The molecule has 0 aromatic heterocycles. The van der Waals surface area contributed by atoms with Crippen LogP contribution in [0.2, 0.25) is 0 Å². The Hall–Kier alpha value is -2.78. The molecule has 2 N–H and O–H groups in total. The third-order valence-electron chi connectivity index (χ3n) is 6.27. The highest BCUT2D eigenvalue weighted by Gasteiger charge is 2.29. The largest absolute Gasteiger partial charge is 0.495 e. The summed E-state index contributed by atoms with van der Waals surface area (Å²) in [6.07, 6.45) is 4.52. The van der Waals surface area contributed by atoms with Gasteiger partial charge in [0.25, 0.3) is 5.91 Å². The van der Waals surface area contributed by atoms with Crippen LogP contribution in [0.15, 0.2) is 41.3 Å². The van der Waals surface area contributed by atoms with Gasteiger partial charge in [-0.05, 0) is 61.1 Å². The number of rotatable bonds is 8. The Bertz CT molecular complexity index is 1120. The van der Waals surface area contributed by atoms with Crippen molar-refractivity contribution in [3.05, 3.63) is 47.5 Å². The third-order valence-corrected chi connectivity index (χ3v) is 7.78. The predicted octanol–water partition coefficient (Wildman–Crippen LogP) is 3.25. The van der Waals surface area contributed by atoms with Crippen LogP contribution in [0.5, 0.6) is 17.2 Å². The maximum Gasteiger partial charge on any atom is 0.251 e. The first kappa shape index (κ1) is 23.4. The normalized spacial score (nSPS) is 19.8. The monoisotopic (exact) mass is 474 g/mol. The van der Waals surface area contributed by atoms with E-state index in [4.69, 9.17) is 14.2 Å². The van der Waals surface area contributed by atoms with Crippen LogP contribution in [-0.2, 0) is 16.4 Å². The zero-order valence-corrected chi connectivity index (χ0v) is 19.7.